The quantitative estimate of drug-likeness (QED) is 0.921. The molecule has 1 aromatic carbocycles. The summed E-state index contributed by atoms with van der Waals surface area (Å²) in [6.07, 6.45) is -2.99. The number of aryl methyl sites for hydroxylation is 1. The number of hydrogen-bond donors (Lipinski definition) is 1. The van der Waals surface area contributed by atoms with Gasteiger partial charge in [0.15, 0.2) is 0 Å². The molecule has 0 aliphatic rings. The molecule has 102 valence electrons. The highest BCUT2D eigenvalue weighted by Gasteiger charge is 2.31. The predicted octanol–water partition coefficient (Wildman–Crippen LogP) is 3.35. The maximum Gasteiger partial charge on any atom is 0.416 e. The van der Waals surface area contributed by atoms with Crippen molar-refractivity contribution in [2.45, 2.75) is 19.7 Å². The van der Waals surface area contributed by atoms with E-state index in [-0.39, 0.29) is 17.3 Å². The van der Waals surface area contributed by atoms with E-state index in [2.05, 4.69) is 5.10 Å². The average Bonchev–Trinajstić information content (AvgIpc) is 2.69. The summed E-state index contributed by atoms with van der Waals surface area (Å²) < 4.78 is 39.2. The van der Waals surface area contributed by atoms with Gasteiger partial charge in [0.05, 0.1) is 28.6 Å². The number of rotatable bonds is 2. The third-order valence-corrected chi connectivity index (χ3v) is 3.01. The highest BCUT2D eigenvalue weighted by molar-refractivity contribution is 6.32. The molecule has 0 saturated heterocycles. The molecule has 0 bridgehead atoms. The van der Waals surface area contributed by atoms with Gasteiger partial charge in [-0.3, -0.25) is 0 Å². The van der Waals surface area contributed by atoms with Crippen LogP contribution in [-0.4, -0.2) is 14.9 Å². The lowest BCUT2D eigenvalue weighted by atomic mass is 10.2. The van der Waals surface area contributed by atoms with Gasteiger partial charge in [-0.1, -0.05) is 11.6 Å². The topological polar surface area (TPSA) is 38.0 Å². The SMILES string of the molecule is Cc1nn(-c2cc(C(F)(F)F)ccc2Cl)cc1CO. The number of hydrogen-bond acceptors (Lipinski definition) is 2. The lowest BCUT2D eigenvalue weighted by Gasteiger charge is -2.10. The summed E-state index contributed by atoms with van der Waals surface area (Å²) in [7, 11) is 0. The van der Waals surface area contributed by atoms with Crippen molar-refractivity contribution in [1.82, 2.24) is 9.78 Å². The van der Waals surface area contributed by atoms with Crippen LogP contribution in [0.2, 0.25) is 5.02 Å². The standard InChI is InChI=1S/C12H10ClF3N2O/c1-7-8(6-19)5-18(17-7)11-4-9(12(14,15)16)2-3-10(11)13/h2-5,19H,6H2,1H3. The largest absolute Gasteiger partial charge is 0.416 e. The molecule has 0 aliphatic heterocycles. The van der Waals surface area contributed by atoms with Gasteiger partial charge in [-0.2, -0.15) is 18.3 Å². The molecule has 1 N–H and O–H groups in total. The van der Waals surface area contributed by atoms with E-state index in [0.717, 1.165) is 12.1 Å². The fraction of sp³-hybridized carbons (Fsp3) is 0.250. The van der Waals surface area contributed by atoms with Crippen molar-refractivity contribution in [3.05, 3.63) is 46.2 Å². The van der Waals surface area contributed by atoms with Crippen molar-refractivity contribution >= 4 is 11.6 Å². The molecule has 0 aliphatic carbocycles. The van der Waals surface area contributed by atoms with Crippen LogP contribution in [0.25, 0.3) is 5.69 Å². The lowest BCUT2D eigenvalue weighted by molar-refractivity contribution is -0.137. The molecule has 2 aromatic rings. The van der Waals surface area contributed by atoms with Crippen LogP contribution in [-0.2, 0) is 12.8 Å². The third kappa shape index (κ3) is 2.74. The summed E-state index contributed by atoms with van der Waals surface area (Å²) in [6.45, 7) is 1.42. The van der Waals surface area contributed by atoms with Crippen LogP contribution in [0.15, 0.2) is 24.4 Å². The smallest absolute Gasteiger partial charge is 0.392 e. The molecule has 1 heterocycles. The Morgan fingerprint density at radius 2 is 2.05 bits per heavy atom. The van der Waals surface area contributed by atoms with Gasteiger partial charge in [0.1, 0.15) is 0 Å². The molecule has 0 spiro atoms. The number of aromatic nitrogens is 2. The summed E-state index contributed by atoms with van der Waals surface area (Å²) in [5, 5.41) is 13.3. The monoisotopic (exact) mass is 290 g/mol. The van der Waals surface area contributed by atoms with Gasteiger partial charge in [0.25, 0.3) is 0 Å². The van der Waals surface area contributed by atoms with Gasteiger partial charge >= 0.3 is 6.18 Å². The zero-order valence-corrected chi connectivity index (χ0v) is 10.6. The molecule has 2 rings (SSSR count). The highest BCUT2D eigenvalue weighted by atomic mass is 35.5. The molecule has 3 nitrogen and oxygen atoms in total. The normalized spacial score (nSPS) is 11.9. The van der Waals surface area contributed by atoms with Gasteiger partial charge < -0.3 is 5.11 Å². The van der Waals surface area contributed by atoms with E-state index < -0.39 is 11.7 Å². The highest BCUT2D eigenvalue weighted by Crippen LogP contribution is 2.33. The minimum absolute atomic E-state index is 0.124. The summed E-state index contributed by atoms with van der Waals surface area (Å²) in [6, 6.07) is 3.01. The van der Waals surface area contributed by atoms with E-state index >= 15 is 0 Å². The first-order valence-electron chi connectivity index (χ1n) is 5.36. The number of aliphatic hydroxyl groups excluding tert-OH is 1. The molecular formula is C12H10ClF3N2O. The maximum atomic E-state index is 12.7. The van der Waals surface area contributed by atoms with E-state index in [1.54, 1.807) is 6.92 Å². The van der Waals surface area contributed by atoms with Gasteiger partial charge in [0.2, 0.25) is 0 Å². The second-order valence-electron chi connectivity index (χ2n) is 4.01. The Hall–Kier alpha value is -1.53. The number of alkyl halides is 3. The molecule has 0 atom stereocenters. The van der Waals surface area contributed by atoms with Gasteiger partial charge in [-0.25, -0.2) is 4.68 Å². The van der Waals surface area contributed by atoms with Crippen LogP contribution in [0.4, 0.5) is 13.2 Å². The maximum absolute atomic E-state index is 12.7. The van der Waals surface area contributed by atoms with Crippen LogP contribution >= 0.6 is 11.6 Å². The zero-order valence-electron chi connectivity index (χ0n) is 9.87. The van der Waals surface area contributed by atoms with Crippen molar-refractivity contribution < 1.29 is 18.3 Å². The van der Waals surface area contributed by atoms with E-state index in [9.17, 15) is 13.2 Å². The molecule has 7 heteroatoms. The van der Waals surface area contributed by atoms with E-state index in [0.29, 0.717) is 11.3 Å². The summed E-state index contributed by atoms with van der Waals surface area (Å²) in [4.78, 5) is 0. The Labute approximate surface area is 112 Å². The minimum Gasteiger partial charge on any atom is -0.392 e. The van der Waals surface area contributed by atoms with Crippen LogP contribution in [0.1, 0.15) is 16.8 Å². The Kier molecular flexibility index (Phi) is 3.56. The zero-order chi connectivity index (χ0) is 14.2. The fourth-order valence-corrected chi connectivity index (χ4v) is 1.84. The van der Waals surface area contributed by atoms with Crippen LogP contribution < -0.4 is 0 Å². The van der Waals surface area contributed by atoms with Crippen molar-refractivity contribution in [3.63, 3.8) is 0 Å². The summed E-state index contributed by atoms with van der Waals surface area (Å²) >= 11 is 5.89. The van der Waals surface area contributed by atoms with Crippen molar-refractivity contribution in [2.24, 2.45) is 0 Å². The number of nitrogens with zero attached hydrogens (tertiary/aromatic N) is 2. The molecule has 0 radical (unpaired) electrons. The van der Waals surface area contributed by atoms with E-state index in [1.807, 2.05) is 0 Å². The molecule has 1 aromatic heterocycles. The number of benzene rings is 1. The number of aliphatic hydroxyl groups is 1. The van der Waals surface area contributed by atoms with Gasteiger partial charge in [0, 0.05) is 11.8 Å². The van der Waals surface area contributed by atoms with Crippen molar-refractivity contribution in [1.29, 1.82) is 0 Å². The first-order chi connectivity index (χ1) is 8.82. The molecular weight excluding hydrogens is 281 g/mol. The Morgan fingerprint density at radius 1 is 1.37 bits per heavy atom. The first-order valence-corrected chi connectivity index (χ1v) is 5.74. The molecule has 19 heavy (non-hydrogen) atoms. The molecule has 0 unspecified atom stereocenters. The minimum atomic E-state index is -4.44. The van der Waals surface area contributed by atoms with Crippen LogP contribution in [0, 0.1) is 6.92 Å². The Morgan fingerprint density at radius 3 is 2.58 bits per heavy atom. The fourth-order valence-electron chi connectivity index (χ4n) is 1.64. The second kappa shape index (κ2) is 4.86. The van der Waals surface area contributed by atoms with Crippen molar-refractivity contribution in [2.75, 3.05) is 0 Å². The Bertz CT molecular complexity index is 608. The molecule has 0 fully saturated rings. The predicted molar refractivity (Wildman–Crippen MR) is 64.2 cm³/mol. The molecule has 0 amide bonds. The van der Waals surface area contributed by atoms with E-state index in [1.165, 1.54) is 16.9 Å². The first kappa shape index (κ1) is 13.9. The summed E-state index contributed by atoms with van der Waals surface area (Å²) in [5.41, 5.74) is 0.398. The lowest BCUT2D eigenvalue weighted by Crippen LogP contribution is -2.06. The Balaban J connectivity index is 2.54. The van der Waals surface area contributed by atoms with E-state index in [4.69, 9.17) is 16.7 Å². The number of halogens is 4. The van der Waals surface area contributed by atoms with Crippen LogP contribution in [0.3, 0.4) is 0 Å². The summed E-state index contributed by atoms with van der Waals surface area (Å²) in [5.74, 6) is 0. The van der Waals surface area contributed by atoms with Gasteiger partial charge in [-0.15, -0.1) is 0 Å². The van der Waals surface area contributed by atoms with Crippen LogP contribution in [0.5, 0.6) is 0 Å². The average molecular weight is 291 g/mol. The second-order valence-corrected chi connectivity index (χ2v) is 4.41. The van der Waals surface area contributed by atoms with Crippen molar-refractivity contribution in [3.8, 4) is 5.69 Å². The third-order valence-electron chi connectivity index (χ3n) is 2.69. The molecule has 0 saturated carbocycles. The van der Waals surface area contributed by atoms with Gasteiger partial charge in [-0.05, 0) is 25.1 Å².